The smallest absolute Gasteiger partial charge is 0.242 e. The minimum Gasteiger partial charge on any atom is -0.386 e. The van der Waals surface area contributed by atoms with Gasteiger partial charge in [0.05, 0.1) is 35.7 Å². The van der Waals surface area contributed by atoms with Crippen molar-refractivity contribution in [1.29, 1.82) is 0 Å². The number of aliphatic hydroxyl groups is 1. The number of hydrogen-bond donors (Lipinski definition) is 1. The maximum Gasteiger partial charge on any atom is 0.242 e. The van der Waals surface area contributed by atoms with Gasteiger partial charge in [-0.25, -0.2) is 9.97 Å². The summed E-state index contributed by atoms with van der Waals surface area (Å²) in [4.78, 5) is 29.1. The molecule has 8 heteroatoms. The van der Waals surface area contributed by atoms with E-state index in [1.165, 1.54) is 0 Å². The maximum absolute atomic E-state index is 12.8. The largest absolute Gasteiger partial charge is 0.386 e. The second-order valence-electron chi connectivity index (χ2n) is 7.42. The predicted molar refractivity (Wildman–Crippen MR) is 106 cm³/mol. The van der Waals surface area contributed by atoms with Crippen LogP contribution in [0.2, 0.25) is 0 Å². The molecule has 1 aliphatic heterocycles. The average Bonchev–Trinajstić information content (AvgIpc) is 3.11. The van der Waals surface area contributed by atoms with Crippen molar-refractivity contribution < 1.29 is 9.90 Å². The fraction of sp³-hybridized carbons (Fsp3) is 0.400. The first-order chi connectivity index (χ1) is 13.5. The van der Waals surface area contributed by atoms with E-state index in [4.69, 9.17) is 0 Å². The van der Waals surface area contributed by atoms with E-state index in [-0.39, 0.29) is 19.0 Å². The number of β-amino-alcohol motifs (C(OH)–C–C–N with tert-alkyl or cyclic N) is 1. The van der Waals surface area contributed by atoms with E-state index in [9.17, 15) is 9.90 Å². The summed E-state index contributed by atoms with van der Waals surface area (Å²) in [6, 6.07) is 7.73. The highest BCUT2D eigenvalue weighted by atomic mass is 16.3. The molecule has 3 heterocycles. The molecule has 0 bridgehead atoms. The second-order valence-corrected chi connectivity index (χ2v) is 7.42. The first-order valence-corrected chi connectivity index (χ1v) is 9.41. The van der Waals surface area contributed by atoms with Crippen LogP contribution in [-0.2, 0) is 11.3 Å². The summed E-state index contributed by atoms with van der Waals surface area (Å²) in [7, 11) is 1.74. The Bertz CT molecular complexity index is 959. The molecule has 1 fully saturated rings. The number of anilines is 1. The molecule has 1 N–H and O–H groups in total. The summed E-state index contributed by atoms with van der Waals surface area (Å²) < 4.78 is 1.84. The van der Waals surface area contributed by atoms with Crippen molar-refractivity contribution in [1.82, 2.24) is 24.4 Å². The van der Waals surface area contributed by atoms with Crippen LogP contribution in [0.5, 0.6) is 0 Å². The Morgan fingerprint density at radius 3 is 2.96 bits per heavy atom. The van der Waals surface area contributed by atoms with Crippen LogP contribution < -0.4 is 4.90 Å². The molecule has 28 heavy (non-hydrogen) atoms. The lowest BCUT2D eigenvalue weighted by Crippen LogP contribution is -2.55. The average molecular weight is 380 g/mol. The summed E-state index contributed by atoms with van der Waals surface area (Å²) in [5, 5.41) is 11.1. The third-order valence-corrected chi connectivity index (χ3v) is 5.22. The Labute approximate surface area is 163 Å². The van der Waals surface area contributed by atoms with Gasteiger partial charge in [-0.1, -0.05) is 12.1 Å². The highest BCUT2D eigenvalue weighted by Gasteiger charge is 2.36. The first-order valence-electron chi connectivity index (χ1n) is 9.41. The molecule has 0 aliphatic carbocycles. The van der Waals surface area contributed by atoms with E-state index in [2.05, 4.69) is 15.0 Å². The fourth-order valence-corrected chi connectivity index (χ4v) is 3.82. The Hall–Kier alpha value is -3.00. The van der Waals surface area contributed by atoms with Crippen molar-refractivity contribution in [3.05, 3.63) is 49.2 Å². The summed E-state index contributed by atoms with van der Waals surface area (Å²) >= 11 is 0. The molecule has 1 unspecified atom stereocenters. The van der Waals surface area contributed by atoms with Crippen LogP contribution in [0, 0.1) is 0 Å². The molecule has 1 amide bonds. The lowest BCUT2D eigenvalue weighted by molar-refractivity contribution is -0.134. The van der Waals surface area contributed by atoms with Gasteiger partial charge in [0.2, 0.25) is 5.91 Å². The summed E-state index contributed by atoms with van der Waals surface area (Å²) in [5.74, 6) is 0.688. The maximum atomic E-state index is 12.8. The van der Waals surface area contributed by atoms with Gasteiger partial charge >= 0.3 is 0 Å². The number of amides is 1. The van der Waals surface area contributed by atoms with Gasteiger partial charge < -0.3 is 19.5 Å². The molecular formula is C20H24N6O2. The van der Waals surface area contributed by atoms with Crippen molar-refractivity contribution in [3.8, 4) is 0 Å². The molecule has 3 aromatic rings. The number of para-hydroxylation sites is 2. The lowest BCUT2D eigenvalue weighted by atomic mass is 9.92. The molecule has 1 aliphatic rings. The van der Waals surface area contributed by atoms with Gasteiger partial charge in [0.1, 0.15) is 12.4 Å². The van der Waals surface area contributed by atoms with Crippen molar-refractivity contribution in [2.45, 2.75) is 25.0 Å². The number of benzene rings is 1. The summed E-state index contributed by atoms with van der Waals surface area (Å²) in [6.07, 6.45) is 8.14. The van der Waals surface area contributed by atoms with Crippen LogP contribution in [0.15, 0.2) is 49.2 Å². The Kier molecular flexibility index (Phi) is 4.95. The monoisotopic (exact) mass is 380 g/mol. The summed E-state index contributed by atoms with van der Waals surface area (Å²) in [5.41, 5.74) is 0.815. The van der Waals surface area contributed by atoms with E-state index >= 15 is 0 Å². The van der Waals surface area contributed by atoms with Gasteiger partial charge in [-0.15, -0.1) is 0 Å². The molecule has 1 atom stereocenters. The quantitative estimate of drug-likeness (QED) is 0.718. The number of carbonyl (C=O) groups is 1. The van der Waals surface area contributed by atoms with Crippen LogP contribution in [-0.4, -0.2) is 67.7 Å². The molecule has 1 saturated heterocycles. The normalized spacial score (nSPS) is 19.7. The SMILES string of the molecule is CN(CC1(O)CCCN(c2cnccn2)C1)C(=O)Cn1cnc2ccccc21. The van der Waals surface area contributed by atoms with Crippen LogP contribution in [0.25, 0.3) is 11.0 Å². The molecule has 1 aromatic carbocycles. The number of piperidine rings is 1. The van der Waals surface area contributed by atoms with Crippen LogP contribution >= 0.6 is 0 Å². The molecule has 0 radical (unpaired) electrons. The van der Waals surface area contributed by atoms with E-state index in [0.29, 0.717) is 13.0 Å². The third kappa shape index (κ3) is 3.82. The number of imidazole rings is 1. The third-order valence-electron chi connectivity index (χ3n) is 5.22. The second kappa shape index (κ2) is 7.55. The Morgan fingerprint density at radius 2 is 2.14 bits per heavy atom. The fourth-order valence-electron chi connectivity index (χ4n) is 3.82. The van der Waals surface area contributed by atoms with Gasteiger partial charge in [0, 0.05) is 32.5 Å². The minimum absolute atomic E-state index is 0.0618. The first kappa shape index (κ1) is 18.4. The van der Waals surface area contributed by atoms with Gasteiger partial charge in [-0.2, -0.15) is 0 Å². The highest BCUT2D eigenvalue weighted by Crippen LogP contribution is 2.25. The van der Waals surface area contributed by atoms with E-state index < -0.39 is 5.60 Å². The number of aromatic nitrogens is 4. The zero-order chi connectivity index (χ0) is 19.6. The Balaban J connectivity index is 1.41. The summed E-state index contributed by atoms with van der Waals surface area (Å²) in [6.45, 7) is 1.72. The number of rotatable bonds is 5. The number of nitrogens with zero attached hydrogens (tertiary/aromatic N) is 6. The number of likely N-dealkylation sites (N-methyl/N-ethyl adjacent to an activating group) is 1. The highest BCUT2D eigenvalue weighted by molar-refractivity contribution is 5.80. The molecular weight excluding hydrogens is 356 g/mol. The van der Waals surface area contributed by atoms with Gasteiger partial charge in [0.25, 0.3) is 0 Å². The molecule has 8 nitrogen and oxygen atoms in total. The van der Waals surface area contributed by atoms with Crippen molar-refractivity contribution >= 4 is 22.8 Å². The van der Waals surface area contributed by atoms with Crippen LogP contribution in [0.1, 0.15) is 12.8 Å². The Morgan fingerprint density at radius 1 is 1.29 bits per heavy atom. The van der Waals surface area contributed by atoms with E-state index in [1.807, 2.05) is 33.7 Å². The number of carbonyl (C=O) groups excluding carboxylic acids is 1. The van der Waals surface area contributed by atoms with E-state index in [1.54, 1.807) is 36.9 Å². The molecule has 0 saturated carbocycles. The van der Waals surface area contributed by atoms with Crippen molar-refractivity contribution in [2.24, 2.45) is 0 Å². The number of hydrogen-bond acceptors (Lipinski definition) is 6. The predicted octanol–water partition coefficient (Wildman–Crippen LogP) is 1.32. The van der Waals surface area contributed by atoms with Crippen LogP contribution in [0.3, 0.4) is 0 Å². The zero-order valence-electron chi connectivity index (χ0n) is 15.9. The number of fused-ring (bicyclic) bond motifs is 1. The van der Waals surface area contributed by atoms with Gasteiger partial charge in [0.15, 0.2) is 0 Å². The minimum atomic E-state index is -0.975. The molecule has 146 valence electrons. The van der Waals surface area contributed by atoms with Gasteiger partial charge in [-0.3, -0.25) is 9.78 Å². The van der Waals surface area contributed by atoms with E-state index in [0.717, 1.165) is 29.8 Å². The van der Waals surface area contributed by atoms with Crippen LogP contribution in [0.4, 0.5) is 5.82 Å². The topological polar surface area (TPSA) is 87.4 Å². The molecule has 0 spiro atoms. The molecule has 4 rings (SSSR count). The molecule has 2 aromatic heterocycles. The van der Waals surface area contributed by atoms with Crippen molar-refractivity contribution in [2.75, 3.05) is 31.6 Å². The standard InChI is InChI=1S/C20H24N6O2/c1-24(19(27)12-26-15-23-16-5-2-3-6-17(16)26)13-20(28)7-4-10-25(14-20)18-11-21-8-9-22-18/h2-3,5-6,8-9,11,15,28H,4,7,10,12-14H2,1H3. The van der Waals surface area contributed by atoms with Gasteiger partial charge in [-0.05, 0) is 25.0 Å². The van der Waals surface area contributed by atoms with Crippen molar-refractivity contribution in [3.63, 3.8) is 0 Å². The zero-order valence-corrected chi connectivity index (χ0v) is 15.9. The lowest BCUT2D eigenvalue weighted by Gasteiger charge is -2.41.